The van der Waals surface area contributed by atoms with Crippen molar-refractivity contribution in [1.29, 1.82) is 0 Å². The van der Waals surface area contributed by atoms with Gasteiger partial charge in [0.2, 0.25) is 5.82 Å². The SMILES string of the molecule is Cc1ccnc(C(=O)N[C@@]2(C)CCCOC2)n1. The first-order valence-corrected chi connectivity index (χ1v) is 5.79. The van der Waals surface area contributed by atoms with E-state index < -0.39 is 0 Å². The molecule has 1 saturated heterocycles. The maximum absolute atomic E-state index is 12.0. The molecule has 1 atom stereocenters. The minimum absolute atomic E-state index is 0.219. The van der Waals surface area contributed by atoms with Crippen molar-refractivity contribution in [2.24, 2.45) is 0 Å². The van der Waals surface area contributed by atoms with Gasteiger partial charge in [-0.2, -0.15) is 0 Å². The second-order valence-corrected chi connectivity index (χ2v) is 4.69. The summed E-state index contributed by atoms with van der Waals surface area (Å²) in [7, 11) is 0. The molecule has 1 fully saturated rings. The Kier molecular flexibility index (Phi) is 3.38. The first-order chi connectivity index (χ1) is 8.09. The summed E-state index contributed by atoms with van der Waals surface area (Å²) in [5.74, 6) is -0.0153. The van der Waals surface area contributed by atoms with Crippen LogP contribution in [0.5, 0.6) is 0 Å². The molecule has 17 heavy (non-hydrogen) atoms. The third-order valence-corrected chi connectivity index (χ3v) is 2.85. The molecule has 92 valence electrons. The van der Waals surface area contributed by atoms with Crippen LogP contribution in [0.1, 0.15) is 36.1 Å². The normalized spacial score (nSPS) is 24.4. The number of hydrogen-bond donors (Lipinski definition) is 1. The van der Waals surface area contributed by atoms with Crippen molar-refractivity contribution < 1.29 is 9.53 Å². The maximum atomic E-state index is 12.0. The van der Waals surface area contributed by atoms with Gasteiger partial charge in [0.05, 0.1) is 12.1 Å². The van der Waals surface area contributed by atoms with Gasteiger partial charge in [0.1, 0.15) is 0 Å². The van der Waals surface area contributed by atoms with E-state index in [1.165, 1.54) is 0 Å². The summed E-state index contributed by atoms with van der Waals surface area (Å²) in [6.45, 7) is 5.14. The van der Waals surface area contributed by atoms with Crippen LogP contribution >= 0.6 is 0 Å². The Hall–Kier alpha value is -1.49. The van der Waals surface area contributed by atoms with E-state index in [1.54, 1.807) is 12.3 Å². The predicted octanol–water partition coefficient (Wildman–Crippen LogP) is 1.08. The van der Waals surface area contributed by atoms with Crippen molar-refractivity contribution >= 4 is 5.91 Å². The van der Waals surface area contributed by atoms with Crippen molar-refractivity contribution in [1.82, 2.24) is 15.3 Å². The predicted molar refractivity (Wildman–Crippen MR) is 62.7 cm³/mol. The van der Waals surface area contributed by atoms with Gasteiger partial charge in [-0.15, -0.1) is 0 Å². The smallest absolute Gasteiger partial charge is 0.289 e. The number of carbonyl (C=O) groups excluding carboxylic acids is 1. The van der Waals surface area contributed by atoms with Crippen LogP contribution in [0.2, 0.25) is 0 Å². The molecule has 0 aliphatic carbocycles. The van der Waals surface area contributed by atoms with Gasteiger partial charge in [-0.25, -0.2) is 9.97 Å². The van der Waals surface area contributed by atoms with Gasteiger partial charge in [0.25, 0.3) is 5.91 Å². The molecule has 0 aromatic carbocycles. The van der Waals surface area contributed by atoms with Crippen LogP contribution in [-0.4, -0.2) is 34.6 Å². The van der Waals surface area contributed by atoms with Crippen LogP contribution in [0.3, 0.4) is 0 Å². The zero-order valence-corrected chi connectivity index (χ0v) is 10.2. The second kappa shape index (κ2) is 4.79. The minimum Gasteiger partial charge on any atom is -0.379 e. The van der Waals surface area contributed by atoms with Gasteiger partial charge in [-0.3, -0.25) is 4.79 Å². The lowest BCUT2D eigenvalue weighted by Gasteiger charge is -2.33. The third kappa shape index (κ3) is 3.00. The number of ether oxygens (including phenoxy) is 1. The maximum Gasteiger partial charge on any atom is 0.289 e. The van der Waals surface area contributed by atoms with E-state index >= 15 is 0 Å². The molecule has 1 aromatic rings. The van der Waals surface area contributed by atoms with Crippen molar-refractivity contribution in [3.05, 3.63) is 23.8 Å². The highest BCUT2D eigenvalue weighted by Crippen LogP contribution is 2.18. The Morgan fingerprint density at radius 1 is 1.59 bits per heavy atom. The van der Waals surface area contributed by atoms with E-state index in [0.29, 0.717) is 6.61 Å². The van der Waals surface area contributed by atoms with E-state index in [1.807, 2.05) is 13.8 Å². The molecule has 1 aromatic heterocycles. The largest absolute Gasteiger partial charge is 0.379 e. The highest BCUT2D eigenvalue weighted by Gasteiger charge is 2.30. The molecule has 0 saturated carbocycles. The van der Waals surface area contributed by atoms with Crippen LogP contribution in [-0.2, 0) is 4.74 Å². The van der Waals surface area contributed by atoms with E-state index in [9.17, 15) is 4.79 Å². The molecule has 1 N–H and O–H groups in total. The summed E-state index contributed by atoms with van der Waals surface area (Å²) < 4.78 is 5.39. The number of nitrogens with zero attached hydrogens (tertiary/aromatic N) is 2. The fourth-order valence-electron chi connectivity index (χ4n) is 1.92. The van der Waals surface area contributed by atoms with Crippen LogP contribution in [0.25, 0.3) is 0 Å². The summed E-state index contributed by atoms with van der Waals surface area (Å²) in [6, 6.07) is 1.77. The molecular formula is C12H17N3O2. The molecule has 2 rings (SSSR count). The van der Waals surface area contributed by atoms with E-state index in [4.69, 9.17) is 4.74 Å². The summed E-state index contributed by atoms with van der Waals surface area (Å²) in [5.41, 5.74) is 0.484. The number of amides is 1. The highest BCUT2D eigenvalue weighted by atomic mass is 16.5. The van der Waals surface area contributed by atoms with Crippen LogP contribution in [0.4, 0.5) is 0 Å². The first kappa shape index (κ1) is 12.0. The monoisotopic (exact) mass is 235 g/mol. The van der Waals surface area contributed by atoms with E-state index in [-0.39, 0.29) is 17.3 Å². The van der Waals surface area contributed by atoms with Crippen molar-refractivity contribution in [2.75, 3.05) is 13.2 Å². The lowest BCUT2D eigenvalue weighted by molar-refractivity contribution is 0.0270. The molecule has 1 aliphatic heterocycles. The Morgan fingerprint density at radius 3 is 3.06 bits per heavy atom. The van der Waals surface area contributed by atoms with Crippen LogP contribution in [0, 0.1) is 6.92 Å². The number of hydrogen-bond acceptors (Lipinski definition) is 4. The number of nitrogens with one attached hydrogen (secondary N) is 1. The fourth-order valence-corrected chi connectivity index (χ4v) is 1.92. The average Bonchev–Trinajstić information content (AvgIpc) is 2.29. The molecule has 0 unspecified atom stereocenters. The zero-order chi connectivity index (χ0) is 12.3. The van der Waals surface area contributed by atoms with Gasteiger partial charge in [-0.1, -0.05) is 0 Å². The third-order valence-electron chi connectivity index (χ3n) is 2.85. The first-order valence-electron chi connectivity index (χ1n) is 5.79. The number of aromatic nitrogens is 2. The van der Waals surface area contributed by atoms with E-state index in [2.05, 4.69) is 15.3 Å². The Morgan fingerprint density at radius 2 is 2.41 bits per heavy atom. The molecule has 0 radical (unpaired) electrons. The number of carbonyl (C=O) groups is 1. The Labute approximate surface area is 101 Å². The lowest BCUT2D eigenvalue weighted by Crippen LogP contribution is -2.51. The van der Waals surface area contributed by atoms with Gasteiger partial charge >= 0.3 is 0 Å². The molecule has 0 spiro atoms. The quantitative estimate of drug-likeness (QED) is 0.833. The van der Waals surface area contributed by atoms with Crippen molar-refractivity contribution in [2.45, 2.75) is 32.2 Å². The Bertz CT molecular complexity index is 414. The molecular weight excluding hydrogens is 218 g/mol. The van der Waals surface area contributed by atoms with Crippen molar-refractivity contribution in [3.8, 4) is 0 Å². The molecule has 2 heterocycles. The van der Waals surface area contributed by atoms with Gasteiger partial charge in [0.15, 0.2) is 0 Å². The van der Waals surface area contributed by atoms with Crippen molar-refractivity contribution in [3.63, 3.8) is 0 Å². The summed E-state index contributed by atoms with van der Waals surface area (Å²) in [4.78, 5) is 20.1. The number of aryl methyl sites for hydroxylation is 1. The second-order valence-electron chi connectivity index (χ2n) is 4.69. The average molecular weight is 235 g/mol. The zero-order valence-electron chi connectivity index (χ0n) is 10.2. The molecule has 5 nitrogen and oxygen atoms in total. The molecule has 5 heteroatoms. The molecule has 1 amide bonds. The standard InChI is InChI=1S/C12H17N3O2/c1-9-4-6-13-10(14-9)11(16)15-12(2)5-3-7-17-8-12/h4,6H,3,5,7-8H2,1-2H3,(H,15,16)/t12-/m0/s1. The Balaban J connectivity index is 2.06. The van der Waals surface area contributed by atoms with Gasteiger partial charge < -0.3 is 10.1 Å². The summed E-state index contributed by atoms with van der Waals surface area (Å²) in [5, 5.41) is 2.95. The van der Waals surface area contributed by atoms with Gasteiger partial charge in [0, 0.05) is 18.5 Å². The molecule has 0 bridgehead atoms. The lowest BCUT2D eigenvalue weighted by atomic mass is 9.95. The fraction of sp³-hybridized carbons (Fsp3) is 0.583. The van der Waals surface area contributed by atoms with Crippen LogP contribution < -0.4 is 5.32 Å². The minimum atomic E-state index is -0.303. The van der Waals surface area contributed by atoms with Crippen LogP contribution in [0.15, 0.2) is 12.3 Å². The summed E-state index contributed by atoms with van der Waals surface area (Å²) in [6.07, 6.45) is 3.48. The number of rotatable bonds is 2. The van der Waals surface area contributed by atoms with E-state index in [0.717, 1.165) is 25.1 Å². The highest BCUT2D eigenvalue weighted by molar-refractivity contribution is 5.90. The molecule has 1 aliphatic rings. The summed E-state index contributed by atoms with van der Waals surface area (Å²) >= 11 is 0. The topological polar surface area (TPSA) is 64.1 Å². The van der Waals surface area contributed by atoms with Gasteiger partial charge in [-0.05, 0) is 32.8 Å².